The Balaban J connectivity index is 1.80. The number of aromatic nitrogens is 1. The highest BCUT2D eigenvalue weighted by Crippen LogP contribution is 2.22. The number of para-hydroxylation sites is 1. The summed E-state index contributed by atoms with van der Waals surface area (Å²) in [6.07, 6.45) is 1.97. The van der Waals surface area contributed by atoms with E-state index >= 15 is 0 Å². The molecule has 0 spiro atoms. The van der Waals surface area contributed by atoms with Crippen LogP contribution >= 0.6 is 0 Å². The van der Waals surface area contributed by atoms with Gasteiger partial charge in [0, 0.05) is 30.7 Å². The van der Waals surface area contributed by atoms with Crippen LogP contribution in [-0.2, 0) is 19.4 Å². The lowest BCUT2D eigenvalue weighted by Gasteiger charge is -2.28. The zero-order chi connectivity index (χ0) is 20.3. The first-order valence-corrected chi connectivity index (χ1v) is 10.9. The molecule has 2 amide bonds. The maximum Gasteiger partial charge on any atom is 0.313 e. The van der Waals surface area contributed by atoms with E-state index in [9.17, 15) is 18.0 Å². The number of nitrogens with zero attached hydrogens (tertiary/aromatic N) is 3. The van der Waals surface area contributed by atoms with Gasteiger partial charge in [-0.05, 0) is 32.6 Å². The SMILES string of the molecule is CN(C)CCN(C(=O)C(=O)Nc1cccc2cccnc12)C1CCS(=O)(=O)C1. The molecule has 9 heteroatoms. The standard InChI is InChI=1S/C19H24N4O4S/c1-22(2)10-11-23(15-8-12-28(26,27)13-15)19(25)18(24)21-16-7-3-5-14-6-4-9-20-17(14)16/h3-7,9,15H,8,10-13H2,1-2H3,(H,21,24). The van der Waals surface area contributed by atoms with Gasteiger partial charge in [-0.1, -0.05) is 18.2 Å². The van der Waals surface area contributed by atoms with Crippen LogP contribution in [0.5, 0.6) is 0 Å². The lowest BCUT2D eigenvalue weighted by molar-refractivity contribution is -0.144. The summed E-state index contributed by atoms with van der Waals surface area (Å²) >= 11 is 0. The molecule has 1 unspecified atom stereocenters. The molecule has 1 aliphatic rings. The summed E-state index contributed by atoms with van der Waals surface area (Å²) in [5, 5.41) is 3.49. The lowest BCUT2D eigenvalue weighted by atomic mass is 10.2. The summed E-state index contributed by atoms with van der Waals surface area (Å²) in [5.74, 6) is -1.58. The molecule has 8 nitrogen and oxygen atoms in total. The molecule has 28 heavy (non-hydrogen) atoms. The number of amides is 2. The third kappa shape index (κ3) is 4.66. The van der Waals surface area contributed by atoms with E-state index in [0.29, 0.717) is 24.2 Å². The molecule has 1 saturated heterocycles. The van der Waals surface area contributed by atoms with Crippen LogP contribution in [0, 0.1) is 0 Å². The van der Waals surface area contributed by atoms with Gasteiger partial charge in [-0.25, -0.2) is 8.42 Å². The van der Waals surface area contributed by atoms with E-state index in [4.69, 9.17) is 0 Å². The van der Waals surface area contributed by atoms with Crippen LogP contribution in [0.3, 0.4) is 0 Å². The van der Waals surface area contributed by atoms with Gasteiger partial charge in [0.25, 0.3) is 0 Å². The molecular weight excluding hydrogens is 380 g/mol. The number of fused-ring (bicyclic) bond motifs is 1. The molecule has 0 radical (unpaired) electrons. The van der Waals surface area contributed by atoms with Gasteiger partial charge in [0.1, 0.15) is 0 Å². The van der Waals surface area contributed by atoms with Crippen LogP contribution in [0.4, 0.5) is 5.69 Å². The first kappa shape index (κ1) is 20.2. The number of carbonyl (C=O) groups is 2. The Kier molecular flexibility index (Phi) is 5.95. The van der Waals surface area contributed by atoms with E-state index in [-0.39, 0.29) is 18.1 Å². The Bertz CT molecular complexity index is 985. The minimum atomic E-state index is -3.18. The van der Waals surface area contributed by atoms with Gasteiger partial charge in [-0.15, -0.1) is 0 Å². The van der Waals surface area contributed by atoms with Crippen molar-refractivity contribution in [3.63, 3.8) is 0 Å². The van der Waals surface area contributed by atoms with E-state index in [0.717, 1.165) is 5.39 Å². The quantitative estimate of drug-likeness (QED) is 0.739. The number of carbonyl (C=O) groups excluding carboxylic acids is 2. The maximum atomic E-state index is 12.9. The minimum absolute atomic E-state index is 0.0400. The normalized spacial score (nSPS) is 18.3. The molecule has 1 N–H and O–H groups in total. The maximum absolute atomic E-state index is 12.9. The molecule has 150 valence electrons. The first-order chi connectivity index (χ1) is 13.3. The number of hydrogen-bond donors (Lipinski definition) is 1. The smallest absolute Gasteiger partial charge is 0.313 e. The Morgan fingerprint density at radius 2 is 1.93 bits per heavy atom. The van der Waals surface area contributed by atoms with Crippen LogP contribution in [0.2, 0.25) is 0 Å². The minimum Gasteiger partial charge on any atom is -0.329 e. The average Bonchev–Trinajstić information content (AvgIpc) is 3.01. The molecule has 0 bridgehead atoms. The van der Waals surface area contributed by atoms with Crippen molar-refractivity contribution in [2.24, 2.45) is 0 Å². The van der Waals surface area contributed by atoms with Crippen molar-refractivity contribution < 1.29 is 18.0 Å². The molecule has 0 aliphatic carbocycles. The van der Waals surface area contributed by atoms with Gasteiger partial charge >= 0.3 is 11.8 Å². The number of likely N-dealkylation sites (N-methyl/N-ethyl adjacent to an activating group) is 1. The van der Waals surface area contributed by atoms with Crippen molar-refractivity contribution in [2.45, 2.75) is 12.5 Å². The van der Waals surface area contributed by atoms with Crippen LogP contribution in [0.1, 0.15) is 6.42 Å². The van der Waals surface area contributed by atoms with Gasteiger partial charge in [0.05, 0.1) is 22.7 Å². The highest BCUT2D eigenvalue weighted by Gasteiger charge is 2.36. The summed E-state index contributed by atoms with van der Waals surface area (Å²) in [4.78, 5) is 33.1. The number of sulfone groups is 1. The molecular formula is C19H24N4O4S. The fourth-order valence-corrected chi connectivity index (χ4v) is 5.02. The molecule has 1 fully saturated rings. The Hall–Kier alpha value is -2.52. The number of anilines is 1. The van der Waals surface area contributed by atoms with Gasteiger partial charge in [0.2, 0.25) is 0 Å². The highest BCUT2D eigenvalue weighted by molar-refractivity contribution is 7.91. The fourth-order valence-electron chi connectivity index (χ4n) is 3.29. The Morgan fingerprint density at radius 3 is 2.61 bits per heavy atom. The molecule has 1 aromatic carbocycles. The van der Waals surface area contributed by atoms with Crippen LogP contribution in [0.15, 0.2) is 36.5 Å². The van der Waals surface area contributed by atoms with Crippen molar-refractivity contribution in [3.05, 3.63) is 36.5 Å². The number of hydrogen-bond acceptors (Lipinski definition) is 6. The van der Waals surface area contributed by atoms with E-state index in [1.165, 1.54) is 4.90 Å². The van der Waals surface area contributed by atoms with E-state index < -0.39 is 27.7 Å². The molecule has 1 aromatic heterocycles. The molecule has 2 heterocycles. The molecule has 1 atom stereocenters. The van der Waals surface area contributed by atoms with Gasteiger partial charge in [-0.2, -0.15) is 0 Å². The monoisotopic (exact) mass is 404 g/mol. The molecule has 3 rings (SSSR count). The number of pyridine rings is 1. The molecule has 1 aliphatic heterocycles. The second-order valence-corrected chi connectivity index (χ2v) is 9.42. The van der Waals surface area contributed by atoms with E-state index in [2.05, 4.69) is 10.3 Å². The van der Waals surface area contributed by atoms with Gasteiger partial charge in [0.15, 0.2) is 9.84 Å². The number of benzene rings is 1. The largest absolute Gasteiger partial charge is 0.329 e. The first-order valence-electron chi connectivity index (χ1n) is 9.08. The average molecular weight is 404 g/mol. The topological polar surface area (TPSA) is 99.7 Å². The predicted octanol–water partition coefficient (Wildman–Crippen LogP) is 0.751. The highest BCUT2D eigenvalue weighted by atomic mass is 32.2. The summed E-state index contributed by atoms with van der Waals surface area (Å²) in [6.45, 7) is 0.818. The van der Waals surface area contributed by atoms with Gasteiger partial charge < -0.3 is 15.1 Å². The van der Waals surface area contributed by atoms with Crippen molar-refractivity contribution in [1.82, 2.24) is 14.8 Å². The number of nitrogens with one attached hydrogen (secondary N) is 1. The van der Waals surface area contributed by atoms with Crippen molar-refractivity contribution in [3.8, 4) is 0 Å². The van der Waals surface area contributed by atoms with Crippen molar-refractivity contribution >= 4 is 38.2 Å². The van der Waals surface area contributed by atoms with Crippen molar-refractivity contribution in [1.29, 1.82) is 0 Å². The summed E-state index contributed by atoms with van der Waals surface area (Å²) in [5.41, 5.74) is 1.04. The molecule has 2 aromatic rings. The van der Waals surface area contributed by atoms with Gasteiger partial charge in [-0.3, -0.25) is 14.6 Å². The second-order valence-electron chi connectivity index (χ2n) is 7.19. The summed E-state index contributed by atoms with van der Waals surface area (Å²) < 4.78 is 23.7. The second kappa shape index (κ2) is 8.24. The third-order valence-electron chi connectivity index (χ3n) is 4.77. The lowest BCUT2D eigenvalue weighted by Crippen LogP contribution is -2.48. The van der Waals surface area contributed by atoms with Crippen LogP contribution in [0.25, 0.3) is 10.9 Å². The zero-order valence-corrected chi connectivity index (χ0v) is 16.8. The van der Waals surface area contributed by atoms with Crippen LogP contribution in [-0.4, -0.2) is 79.7 Å². The fraction of sp³-hybridized carbons (Fsp3) is 0.421. The predicted molar refractivity (Wildman–Crippen MR) is 108 cm³/mol. The van der Waals surface area contributed by atoms with E-state index in [1.54, 1.807) is 24.4 Å². The Morgan fingerprint density at radius 1 is 1.18 bits per heavy atom. The summed E-state index contributed by atoms with van der Waals surface area (Å²) in [6, 6.07) is 8.51. The number of rotatable bonds is 5. The molecule has 0 saturated carbocycles. The van der Waals surface area contributed by atoms with Crippen LogP contribution < -0.4 is 5.32 Å². The van der Waals surface area contributed by atoms with E-state index in [1.807, 2.05) is 31.1 Å². The van der Waals surface area contributed by atoms with Crippen molar-refractivity contribution in [2.75, 3.05) is 44.0 Å². The summed E-state index contributed by atoms with van der Waals surface area (Å²) in [7, 11) is 0.539. The zero-order valence-electron chi connectivity index (χ0n) is 16.0. The Labute approximate surface area is 164 Å². The third-order valence-corrected chi connectivity index (χ3v) is 6.52.